The van der Waals surface area contributed by atoms with Crippen LogP contribution in [0.15, 0.2) is 78.9 Å². The molecule has 0 spiro atoms. The highest BCUT2D eigenvalue weighted by molar-refractivity contribution is 5.94. The normalized spacial score (nSPS) is 10.3. The van der Waals surface area contributed by atoms with Crippen LogP contribution in [0.3, 0.4) is 0 Å². The highest BCUT2D eigenvalue weighted by Gasteiger charge is 2.06. The van der Waals surface area contributed by atoms with Crippen LogP contribution in [-0.4, -0.2) is 25.5 Å². The van der Waals surface area contributed by atoms with E-state index in [1.165, 1.54) is 7.11 Å². The number of hydrogen-bond acceptors (Lipinski definition) is 3. The summed E-state index contributed by atoms with van der Waals surface area (Å²) in [4.78, 5) is 23.8. The van der Waals surface area contributed by atoms with E-state index < -0.39 is 0 Å². The van der Waals surface area contributed by atoms with Crippen LogP contribution in [0.2, 0.25) is 0 Å². The topological polar surface area (TPSA) is 67.4 Å². The maximum Gasteiger partial charge on any atom is 0.250 e. The zero-order chi connectivity index (χ0) is 19.8. The van der Waals surface area contributed by atoms with E-state index in [9.17, 15) is 9.59 Å². The van der Waals surface area contributed by atoms with Crippen LogP contribution in [0.25, 0.3) is 11.1 Å². The molecular formula is C23H22N2O3. The summed E-state index contributed by atoms with van der Waals surface area (Å²) in [5, 5.41) is 5.57. The molecule has 0 saturated heterocycles. The van der Waals surface area contributed by atoms with E-state index in [4.69, 9.17) is 4.74 Å². The Hall–Kier alpha value is -3.44. The van der Waals surface area contributed by atoms with Crippen LogP contribution < -0.4 is 10.6 Å². The van der Waals surface area contributed by atoms with Gasteiger partial charge < -0.3 is 15.4 Å². The lowest BCUT2D eigenvalue weighted by molar-refractivity contribution is -0.119. The summed E-state index contributed by atoms with van der Waals surface area (Å²) in [7, 11) is 1.47. The summed E-state index contributed by atoms with van der Waals surface area (Å²) in [6.45, 7) is 0.00154. The minimum atomic E-state index is -0.224. The minimum Gasteiger partial charge on any atom is -0.375 e. The van der Waals surface area contributed by atoms with Gasteiger partial charge in [0.15, 0.2) is 0 Å². The molecule has 2 N–H and O–H groups in total. The Balaban J connectivity index is 1.54. The third-order valence-corrected chi connectivity index (χ3v) is 4.15. The number of carbonyl (C=O) groups excluding carboxylic acids is 2. The fourth-order valence-electron chi connectivity index (χ4n) is 2.80. The molecule has 2 amide bonds. The van der Waals surface area contributed by atoms with Crippen LogP contribution in [0, 0.1) is 0 Å². The summed E-state index contributed by atoms with van der Waals surface area (Å²) >= 11 is 0. The molecular weight excluding hydrogens is 352 g/mol. The van der Waals surface area contributed by atoms with E-state index in [0.29, 0.717) is 17.8 Å². The smallest absolute Gasteiger partial charge is 0.250 e. The molecule has 3 rings (SSSR count). The maximum absolute atomic E-state index is 12.3. The number of anilines is 2. The fraction of sp³-hybridized carbons (Fsp3) is 0.130. The van der Waals surface area contributed by atoms with Crippen molar-refractivity contribution in [1.82, 2.24) is 0 Å². The lowest BCUT2D eigenvalue weighted by atomic mass is 10.0. The third kappa shape index (κ3) is 5.53. The van der Waals surface area contributed by atoms with E-state index in [1.54, 1.807) is 24.3 Å². The number of methoxy groups -OCH3 is 1. The zero-order valence-corrected chi connectivity index (χ0v) is 15.6. The molecule has 0 bridgehead atoms. The van der Waals surface area contributed by atoms with Gasteiger partial charge >= 0.3 is 0 Å². The predicted octanol–water partition coefficient (Wildman–Crippen LogP) is 4.12. The van der Waals surface area contributed by atoms with Crippen LogP contribution in [-0.2, 0) is 20.7 Å². The van der Waals surface area contributed by atoms with Gasteiger partial charge in [0.25, 0.3) is 0 Å². The summed E-state index contributed by atoms with van der Waals surface area (Å²) in [6, 6.07) is 25.1. The van der Waals surface area contributed by atoms with Crippen molar-refractivity contribution in [3.63, 3.8) is 0 Å². The zero-order valence-electron chi connectivity index (χ0n) is 15.6. The van der Waals surface area contributed by atoms with Crippen molar-refractivity contribution >= 4 is 23.2 Å². The molecule has 3 aromatic rings. The van der Waals surface area contributed by atoms with E-state index in [1.807, 2.05) is 42.5 Å². The van der Waals surface area contributed by atoms with Crippen molar-refractivity contribution in [3.8, 4) is 11.1 Å². The molecule has 142 valence electrons. The second kappa shape index (κ2) is 9.48. The fourth-order valence-corrected chi connectivity index (χ4v) is 2.80. The summed E-state index contributed by atoms with van der Waals surface area (Å²) in [5.74, 6) is -0.318. The molecule has 0 radical (unpaired) electrons. The van der Waals surface area contributed by atoms with Crippen molar-refractivity contribution in [2.24, 2.45) is 0 Å². The standard InChI is InChI=1S/C23H22N2O3/c1-28-16-23(27)25-21-13-11-20(12-14-21)24-22(26)15-17-7-9-19(10-8-17)18-5-3-2-4-6-18/h2-14H,15-16H2,1H3,(H,24,26)(H,25,27). The number of nitrogens with one attached hydrogen (secondary N) is 2. The number of rotatable bonds is 7. The Bertz CT molecular complexity index is 920. The molecule has 0 aliphatic carbocycles. The average Bonchev–Trinajstić information content (AvgIpc) is 2.71. The monoisotopic (exact) mass is 374 g/mol. The minimum absolute atomic E-state index is 0.00154. The molecule has 0 saturated carbocycles. The molecule has 0 atom stereocenters. The average molecular weight is 374 g/mol. The lowest BCUT2D eigenvalue weighted by Gasteiger charge is -2.08. The lowest BCUT2D eigenvalue weighted by Crippen LogP contribution is -2.17. The first kappa shape index (κ1) is 19.3. The molecule has 0 aliphatic heterocycles. The predicted molar refractivity (Wildman–Crippen MR) is 111 cm³/mol. The number of ether oxygens (including phenoxy) is 1. The van der Waals surface area contributed by atoms with Crippen LogP contribution >= 0.6 is 0 Å². The first-order valence-electron chi connectivity index (χ1n) is 8.97. The Morgan fingerprint density at radius 3 is 1.82 bits per heavy atom. The highest BCUT2D eigenvalue weighted by atomic mass is 16.5. The van der Waals surface area contributed by atoms with Crippen LogP contribution in [0.4, 0.5) is 11.4 Å². The number of amides is 2. The molecule has 28 heavy (non-hydrogen) atoms. The summed E-state index contributed by atoms with van der Waals surface area (Å²) in [6.07, 6.45) is 0.293. The Kier molecular flexibility index (Phi) is 6.54. The molecule has 0 unspecified atom stereocenters. The number of benzene rings is 3. The van der Waals surface area contributed by atoms with E-state index in [-0.39, 0.29) is 18.4 Å². The van der Waals surface area contributed by atoms with Gasteiger partial charge in [0.1, 0.15) is 6.61 Å². The Labute approximate surface area is 164 Å². The highest BCUT2D eigenvalue weighted by Crippen LogP contribution is 2.20. The summed E-state index contributed by atoms with van der Waals surface area (Å²) in [5.41, 5.74) is 4.54. The van der Waals surface area contributed by atoms with Gasteiger partial charge in [0.2, 0.25) is 11.8 Å². The van der Waals surface area contributed by atoms with Crippen molar-refractivity contribution in [1.29, 1.82) is 0 Å². The van der Waals surface area contributed by atoms with E-state index in [0.717, 1.165) is 16.7 Å². The van der Waals surface area contributed by atoms with Crippen molar-refractivity contribution < 1.29 is 14.3 Å². The van der Waals surface area contributed by atoms with Gasteiger partial charge in [-0.15, -0.1) is 0 Å². The SMILES string of the molecule is COCC(=O)Nc1ccc(NC(=O)Cc2ccc(-c3ccccc3)cc2)cc1. The molecule has 0 aromatic heterocycles. The molecule has 0 heterocycles. The molecule has 3 aromatic carbocycles. The second-order valence-corrected chi connectivity index (χ2v) is 6.35. The molecule has 5 nitrogen and oxygen atoms in total. The number of carbonyl (C=O) groups is 2. The molecule has 5 heteroatoms. The maximum atomic E-state index is 12.3. The van der Waals surface area contributed by atoms with E-state index >= 15 is 0 Å². The van der Waals surface area contributed by atoms with Crippen molar-refractivity contribution in [3.05, 3.63) is 84.4 Å². The first-order valence-corrected chi connectivity index (χ1v) is 8.97. The Morgan fingerprint density at radius 1 is 0.714 bits per heavy atom. The molecule has 0 aliphatic rings. The van der Waals surface area contributed by atoms with Gasteiger partial charge in [-0.25, -0.2) is 0 Å². The van der Waals surface area contributed by atoms with E-state index in [2.05, 4.69) is 22.8 Å². The quantitative estimate of drug-likeness (QED) is 0.654. The molecule has 0 fully saturated rings. The number of hydrogen-bond donors (Lipinski definition) is 2. The van der Waals surface area contributed by atoms with Gasteiger partial charge in [-0.3, -0.25) is 9.59 Å². The van der Waals surface area contributed by atoms with Gasteiger partial charge in [-0.2, -0.15) is 0 Å². The van der Waals surface area contributed by atoms with Crippen molar-refractivity contribution in [2.75, 3.05) is 24.4 Å². The largest absolute Gasteiger partial charge is 0.375 e. The van der Waals surface area contributed by atoms with Crippen LogP contribution in [0.5, 0.6) is 0 Å². The van der Waals surface area contributed by atoms with Crippen LogP contribution in [0.1, 0.15) is 5.56 Å². The van der Waals surface area contributed by atoms with Gasteiger partial charge in [0, 0.05) is 18.5 Å². The van der Waals surface area contributed by atoms with Gasteiger partial charge in [-0.1, -0.05) is 54.6 Å². The second-order valence-electron chi connectivity index (χ2n) is 6.35. The van der Waals surface area contributed by atoms with Gasteiger partial charge in [-0.05, 0) is 41.0 Å². The van der Waals surface area contributed by atoms with Gasteiger partial charge in [0.05, 0.1) is 6.42 Å². The first-order chi connectivity index (χ1) is 13.6. The third-order valence-electron chi connectivity index (χ3n) is 4.15. The van der Waals surface area contributed by atoms with Crippen molar-refractivity contribution in [2.45, 2.75) is 6.42 Å². The Morgan fingerprint density at radius 2 is 1.25 bits per heavy atom. The summed E-state index contributed by atoms with van der Waals surface area (Å²) < 4.78 is 4.77.